The van der Waals surface area contributed by atoms with Crippen LogP contribution in [0.15, 0.2) is 53.9 Å². The van der Waals surface area contributed by atoms with Gasteiger partial charge in [-0.2, -0.15) is 13.2 Å². The average Bonchev–Trinajstić information content (AvgIpc) is 3.19. The van der Waals surface area contributed by atoms with Crippen LogP contribution in [0.4, 0.5) is 13.2 Å². The first-order chi connectivity index (χ1) is 14.3. The summed E-state index contributed by atoms with van der Waals surface area (Å²) in [6.07, 6.45) is -4.38. The van der Waals surface area contributed by atoms with Crippen molar-refractivity contribution >= 4 is 17.2 Å². The van der Waals surface area contributed by atoms with Crippen molar-refractivity contribution in [1.29, 1.82) is 0 Å². The van der Waals surface area contributed by atoms with Crippen LogP contribution in [0.5, 0.6) is 11.5 Å². The molecule has 0 atom stereocenters. The number of nitrogens with zero attached hydrogens (tertiary/aromatic N) is 1. The molecule has 9 heteroatoms. The number of carbonyl (C=O) groups excluding carboxylic acids is 1. The van der Waals surface area contributed by atoms with E-state index >= 15 is 0 Å². The molecular formula is C21H19F3N2O3S. The Balaban J connectivity index is 1.46. The van der Waals surface area contributed by atoms with Gasteiger partial charge in [-0.1, -0.05) is 29.8 Å². The fraction of sp³-hybridized carbons (Fsp3) is 0.238. The summed E-state index contributed by atoms with van der Waals surface area (Å²) < 4.78 is 46.8. The lowest BCUT2D eigenvalue weighted by Crippen LogP contribution is -2.23. The molecule has 0 bridgehead atoms. The number of aromatic nitrogens is 1. The largest absolute Gasteiger partial charge is 0.486 e. The van der Waals surface area contributed by atoms with E-state index < -0.39 is 12.8 Å². The minimum Gasteiger partial charge on any atom is -0.486 e. The summed E-state index contributed by atoms with van der Waals surface area (Å²) >= 11 is 1.33. The van der Waals surface area contributed by atoms with Crippen molar-refractivity contribution in [2.24, 2.45) is 0 Å². The summed E-state index contributed by atoms with van der Waals surface area (Å²) in [4.78, 5) is 16.5. The van der Waals surface area contributed by atoms with Gasteiger partial charge in [-0.05, 0) is 36.8 Å². The average molecular weight is 436 g/mol. The molecule has 0 radical (unpaired) electrons. The first-order valence-electron chi connectivity index (χ1n) is 8.99. The molecule has 1 heterocycles. The number of ether oxygens (including phenoxy) is 2. The van der Waals surface area contributed by atoms with Gasteiger partial charge >= 0.3 is 6.18 Å². The number of hydrogen-bond acceptors (Lipinski definition) is 5. The molecule has 5 nitrogen and oxygen atoms in total. The van der Waals surface area contributed by atoms with Crippen molar-refractivity contribution in [3.8, 4) is 11.5 Å². The maximum Gasteiger partial charge on any atom is 0.422 e. The molecule has 0 aliphatic carbocycles. The zero-order chi connectivity index (χ0) is 21.6. The Kier molecular flexibility index (Phi) is 6.94. The minimum atomic E-state index is -4.38. The van der Waals surface area contributed by atoms with E-state index in [0.717, 1.165) is 16.9 Å². The van der Waals surface area contributed by atoms with Crippen molar-refractivity contribution in [1.82, 2.24) is 10.3 Å². The summed E-state index contributed by atoms with van der Waals surface area (Å²) in [6.45, 7) is 1.12. The maximum absolute atomic E-state index is 12.3. The molecular weight excluding hydrogens is 417 g/mol. The van der Waals surface area contributed by atoms with Gasteiger partial charge in [0.2, 0.25) is 0 Å². The van der Waals surface area contributed by atoms with E-state index in [1.165, 1.54) is 23.5 Å². The molecule has 3 rings (SSSR count). The van der Waals surface area contributed by atoms with E-state index in [9.17, 15) is 18.0 Å². The molecule has 1 aromatic heterocycles. The predicted molar refractivity (Wildman–Crippen MR) is 107 cm³/mol. The molecule has 0 fully saturated rings. The lowest BCUT2D eigenvalue weighted by molar-refractivity contribution is -0.153. The Labute approximate surface area is 175 Å². The first-order valence-corrected chi connectivity index (χ1v) is 9.87. The van der Waals surface area contributed by atoms with Crippen LogP contribution in [-0.2, 0) is 13.2 Å². The number of carbonyl (C=O) groups is 1. The Morgan fingerprint density at radius 1 is 1.03 bits per heavy atom. The lowest BCUT2D eigenvalue weighted by atomic mass is 10.2. The molecule has 0 spiro atoms. The van der Waals surface area contributed by atoms with E-state index in [0.29, 0.717) is 5.01 Å². The van der Waals surface area contributed by atoms with Crippen molar-refractivity contribution in [3.63, 3.8) is 0 Å². The zero-order valence-electron chi connectivity index (χ0n) is 16.0. The van der Waals surface area contributed by atoms with Crippen LogP contribution >= 0.6 is 11.3 Å². The monoisotopic (exact) mass is 436 g/mol. The van der Waals surface area contributed by atoms with E-state index in [1.54, 1.807) is 17.5 Å². The second-order valence-corrected chi connectivity index (χ2v) is 7.40. The van der Waals surface area contributed by atoms with Gasteiger partial charge in [-0.3, -0.25) is 4.79 Å². The van der Waals surface area contributed by atoms with Gasteiger partial charge in [0, 0.05) is 11.9 Å². The van der Waals surface area contributed by atoms with Gasteiger partial charge in [-0.25, -0.2) is 4.98 Å². The molecule has 0 saturated carbocycles. The molecule has 1 N–H and O–H groups in total. The smallest absolute Gasteiger partial charge is 0.422 e. The molecule has 1 amide bonds. The molecule has 158 valence electrons. The topological polar surface area (TPSA) is 60.5 Å². The van der Waals surface area contributed by atoms with Crippen LogP contribution in [0.3, 0.4) is 0 Å². The van der Waals surface area contributed by atoms with Crippen LogP contribution in [0.2, 0.25) is 0 Å². The highest BCUT2D eigenvalue weighted by Gasteiger charge is 2.28. The van der Waals surface area contributed by atoms with Gasteiger partial charge in [0.25, 0.3) is 5.91 Å². The zero-order valence-corrected chi connectivity index (χ0v) is 16.8. The second kappa shape index (κ2) is 9.62. The van der Waals surface area contributed by atoms with Crippen LogP contribution in [-0.4, -0.2) is 23.7 Å². The van der Waals surface area contributed by atoms with Crippen LogP contribution in [0.1, 0.15) is 26.6 Å². The highest BCUT2D eigenvalue weighted by atomic mass is 32.1. The molecule has 2 aromatic carbocycles. The van der Waals surface area contributed by atoms with E-state index in [1.807, 2.05) is 31.2 Å². The number of benzene rings is 2. The van der Waals surface area contributed by atoms with Gasteiger partial charge in [0.1, 0.15) is 28.8 Å². The molecule has 30 heavy (non-hydrogen) atoms. The Morgan fingerprint density at radius 2 is 1.67 bits per heavy atom. The fourth-order valence-corrected chi connectivity index (χ4v) is 3.09. The van der Waals surface area contributed by atoms with Crippen molar-refractivity contribution in [2.45, 2.75) is 26.3 Å². The van der Waals surface area contributed by atoms with Gasteiger partial charge in [0.15, 0.2) is 6.61 Å². The summed E-state index contributed by atoms with van der Waals surface area (Å²) in [5.74, 6) is 0.495. The van der Waals surface area contributed by atoms with Crippen LogP contribution in [0.25, 0.3) is 0 Å². The molecule has 0 aliphatic heterocycles. The summed E-state index contributed by atoms with van der Waals surface area (Å²) in [5, 5.41) is 5.05. The summed E-state index contributed by atoms with van der Waals surface area (Å²) in [5.41, 5.74) is 2.15. The number of hydrogen-bond donors (Lipinski definition) is 1. The van der Waals surface area contributed by atoms with Crippen LogP contribution < -0.4 is 14.8 Å². The minimum absolute atomic E-state index is 0.111. The number of rotatable bonds is 8. The summed E-state index contributed by atoms with van der Waals surface area (Å²) in [6, 6.07) is 13.7. The highest BCUT2D eigenvalue weighted by Crippen LogP contribution is 2.19. The number of halogens is 3. The number of aryl methyl sites for hydroxylation is 1. The van der Waals surface area contributed by atoms with Gasteiger partial charge < -0.3 is 14.8 Å². The third kappa shape index (κ3) is 6.77. The normalized spacial score (nSPS) is 11.2. The highest BCUT2D eigenvalue weighted by molar-refractivity contribution is 7.09. The van der Waals surface area contributed by atoms with E-state index in [4.69, 9.17) is 4.74 Å². The fourth-order valence-electron chi connectivity index (χ4n) is 2.40. The standard InChI is InChI=1S/C21H19F3N2O3S/c1-14-2-6-16(7-3-14)28-11-19-26-18(12-30-19)20(27)25-10-15-4-8-17(9-5-15)29-13-21(22,23)24/h2-9,12H,10-11,13H2,1H3,(H,25,27). The van der Waals surface area contributed by atoms with Crippen molar-refractivity contribution in [3.05, 3.63) is 75.7 Å². The molecule has 0 unspecified atom stereocenters. The van der Waals surface area contributed by atoms with Crippen LogP contribution in [0, 0.1) is 6.92 Å². The van der Waals surface area contributed by atoms with Gasteiger partial charge in [0.05, 0.1) is 0 Å². The second-order valence-electron chi connectivity index (χ2n) is 6.46. The third-order valence-electron chi connectivity index (χ3n) is 3.95. The quantitative estimate of drug-likeness (QED) is 0.546. The Hall–Kier alpha value is -3.07. The SMILES string of the molecule is Cc1ccc(OCc2nc(C(=O)NCc3ccc(OCC(F)(F)F)cc3)cs2)cc1. The number of alkyl halides is 3. The third-order valence-corrected chi connectivity index (χ3v) is 4.77. The number of thiazole rings is 1. The summed E-state index contributed by atoms with van der Waals surface area (Å²) in [7, 11) is 0. The van der Waals surface area contributed by atoms with Gasteiger partial charge in [-0.15, -0.1) is 11.3 Å². The van der Waals surface area contributed by atoms with Crippen molar-refractivity contribution in [2.75, 3.05) is 6.61 Å². The Bertz CT molecular complexity index is 970. The first kappa shape index (κ1) is 21.6. The molecule has 0 aliphatic rings. The number of amides is 1. The molecule has 3 aromatic rings. The number of nitrogens with one attached hydrogen (secondary N) is 1. The van der Waals surface area contributed by atoms with Crippen molar-refractivity contribution < 1.29 is 27.4 Å². The predicted octanol–water partition coefficient (Wildman–Crippen LogP) is 4.90. The Morgan fingerprint density at radius 3 is 2.33 bits per heavy atom. The molecule has 0 saturated heterocycles. The maximum atomic E-state index is 12.3. The lowest BCUT2D eigenvalue weighted by Gasteiger charge is -2.09. The van der Waals surface area contributed by atoms with E-state index in [2.05, 4.69) is 15.0 Å². The van der Waals surface area contributed by atoms with E-state index in [-0.39, 0.29) is 30.5 Å².